The van der Waals surface area contributed by atoms with Crippen LogP contribution in [0.25, 0.3) is 0 Å². The molecule has 0 bridgehead atoms. The highest BCUT2D eigenvalue weighted by atomic mass is 16.7. The lowest BCUT2D eigenvalue weighted by molar-refractivity contribution is -0.131. The van der Waals surface area contributed by atoms with E-state index in [1.807, 2.05) is 0 Å². The molecule has 2 nitrogen and oxygen atoms in total. The van der Waals surface area contributed by atoms with Gasteiger partial charge in [0.2, 0.25) is 0 Å². The molecule has 0 unspecified atom stereocenters. The molecule has 0 aliphatic carbocycles. The van der Waals surface area contributed by atoms with E-state index in [0.717, 1.165) is 6.42 Å². The van der Waals surface area contributed by atoms with Gasteiger partial charge in [-0.05, 0) is 12.8 Å². The molecule has 0 radical (unpaired) electrons. The van der Waals surface area contributed by atoms with Crippen LogP contribution in [-0.2, 0) is 9.47 Å². The molecule has 0 aromatic heterocycles. The Morgan fingerprint density at radius 1 is 0.789 bits per heavy atom. The summed E-state index contributed by atoms with van der Waals surface area (Å²) in [5.74, 6) is 0. The first-order valence-electron chi connectivity index (χ1n) is 7.80. The molecular weight excluding hydrogens is 236 g/mol. The highest BCUT2D eigenvalue weighted by Gasteiger charge is 2.07. The normalized spacial score (nSPS) is 10.8. The van der Waals surface area contributed by atoms with Crippen molar-refractivity contribution in [1.29, 1.82) is 0 Å². The van der Waals surface area contributed by atoms with Crippen LogP contribution in [-0.4, -0.2) is 19.5 Å². The van der Waals surface area contributed by atoms with Gasteiger partial charge in [0.1, 0.15) is 0 Å². The van der Waals surface area contributed by atoms with Gasteiger partial charge < -0.3 is 9.47 Å². The van der Waals surface area contributed by atoms with Gasteiger partial charge in [0.25, 0.3) is 0 Å². The third kappa shape index (κ3) is 13.6. The summed E-state index contributed by atoms with van der Waals surface area (Å²) >= 11 is 0. The van der Waals surface area contributed by atoms with Crippen molar-refractivity contribution in [3.63, 3.8) is 0 Å². The lowest BCUT2D eigenvalue weighted by Gasteiger charge is -2.16. The number of ether oxygens (including phenoxy) is 2. The number of hydrogen-bond donors (Lipinski definition) is 0. The lowest BCUT2D eigenvalue weighted by atomic mass is 10.1. The molecule has 0 spiro atoms. The molecule has 0 heterocycles. The first-order valence-corrected chi connectivity index (χ1v) is 7.80. The summed E-state index contributed by atoms with van der Waals surface area (Å²) in [7, 11) is 0. The van der Waals surface area contributed by atoms with Gasteiger partial charge in [-0.25, -0.2) is 0 Å². The van der Waals surface area contributed by atoms with Crippen molar-refractivity contribution < 1.29 is 9.47 Å². The molecule has 0 aromatic carbocycles. The zero-order valence-electron chi connectivity index (χ0n) is 12.7. The maximum absolute atomic E-state index is 5.56. The van der Waals surface area contributed by atoms with Crippen LogP contribution in [0.1, 0.15) is 64.7 Å². The number of hydrogen-bond acceptors (Lipinski definition) is 2. The molecule has 0 atom stereocenters. The Morgan fingerprint density at radius 3 is 1.74 bits per heavy atom. The minimum absolute atomic E-state index is 0.101. The fourth-order valence-corrected chi connectivity index (χ4v) is 2.01. The van der Waals surface area contributed by atoms with Gasteiger partial charge in [-0.15, -0.1) is 13.2 Å². The van der Waals surface area contributed by atoms with Crippen LogP contribution in [0.2, 0.25) is 0 Å². The van der Waals surface area contributed by atoms with Crippen molar-refractivity contribution in [2.45, 2.75) is 71.0 Å². The fourth-order valence-electron chi connectivity index (χ4n) is 2.01. The summed E-state index contributed by atoms with van der Waals surface area (Å²) in [6.45, 7) is 10.7. The maximum Gasteiger partial charge on any atom is 0.158 e. The van der Waals surface area contributed by atoms with Crippen LogP contribution in [0.3, 0.4) is 0 Å². The van der Waals surface area contributed by atoms with E-state index < -0.39 is 0 Å². The Hall–Kier alpha value is -0.600. The Balaban J connectivity index is 3.45. The molecule has 0 fully saturated rings. The monoisotopic (exact) mass is 268 g/mol. The van der Waals surface area contributed by atoms with E-state index in [9.17, 15) is 0 Å². The predicted octanol–water partition coefficient (Wildman–Crippen LogP) is 5.25. The van der Waals surface area contributed by atoms with Crippen LogP contribution < -0.4 is 0 Å². The average molecular weight is 268 g/mol. The standard InChI is InChI=1S/C17H32O2/c1-4-7-8-9-10-11-12-13-14-17(18-15-5-2)19-16-6-3/h5-6,17H,2-4,7-16H2,1H3. The van der Waals surface area contributed by atoms with Gasteiger partial charge >= 0.3 is 0 Å². The van der Waals surface area contributed by atoms with Gasteiger partial charge in [0.05, 0.1) is 13.2 Å². The quantitative estimate of drug-likeness (QED) is 0.229. The first-order chi connectivity index (χ1) is 9.35. The predicted molar refractivity (Wildman–Crippen MR) is 83.3 cm³/mol. The molecule has 19 heavy (non-hydrogen) atoms. The first kappa shape index (κ1) is 18.4. The fraction of sp³-hybridized carbons (Fsp3) is 0.765. The lowest BCUT2D eigenvalue weighted by Crippen LogP contribution is -2.17. The van der Waals surface area contributed by atoms with Crippen LogP contribution >= 0.6 is 0 Å². The van der Waals surface area contributed by atoms with Crippen molar-refractivity contribution in [3.8, 4) is 0 Å². The van der Waals surface area contributed by atoms with E-state index in [-0.39, 0.29) is 6.29 Å². The Bertz CT molecular complexity index is 189. The molecule has 0 aliphatic heterocycles. The third-order valence-corrected chi connectivity index (χ3v) is 3.09. The maximum atomic E-state index is 5.56. The Morgan fingerprint density at radius 2 is 1.26 bits per heavy atom. The van der Waals surface area contributed by atoms with Crippen LogP contribution in [0.5, 0.6) is 0 Å². The number of rotatable bonds is 15. The minimum atomic E-state index is -0.101. The zero-order valence-corrected chi connectivity index (χ0v) is 12.7. The summed E-state index contributed by atoms with van der Waals surface area (Å²) < 4.78 is 11.1. The summed E-state index contributed by atoms with van der Waals surface area (Å²) in [6.07, 6.45) is 15.0. The summed E-state index contributed by atoms with van der Waals surface area (Å²) in [5.41, 5.74) is 0. The highest BCUT2D eigenvalue weighted by Crippen LogP contribution is 2.12. The molecular formula is C17H32O2. The molecule has 0 N–H and O–H groups in total. The molecule has 0 rings (SSSR count). The second-order valence-corrected chi connectivity index (χ2v) is 4.94. The van der Waals surface area contributed by atoms with Crippen molar-refractivity contribution in [1.82, 2.24) is 0 Å². The largest absolute Gasteiger partial charge is 0.349 e. The van der Waals surface area contributed by atoms with Gasteiger partial charge in [-0.2, -0.15) is 0 Å². The van der Waals surface area contributed by atoms with E-state index in [1.165, 1.54) is 51.4 Å². The topological polar surface area (TPSA) is 18.5 Å². The van der Waals surface area contributed by atoms with E-state index in [1.54, 1.807) is 12.2 Å². The second-order valence-electron chi connectivity index (χ2n) is 4.94. The van der Waals surface area contributed by atoms with Crippen molar-refractivity contribution in [2.24, 2.45) is 0 Å². The van der Waals surface area contributed by atoms with Crippen LogP contribution in [0, 0.1) is 0 Å². The van der Waals surface area contributed by atoms with E-state index in [4.69, 9.17) is 9.47 Å². The van der Waals surface area contributed by atoms with Gasteiger partial charge in [-0.1, -0.05) is 64.0 Å². The molecule has 2 heteroatoms. The van der Waals surface area contributed by atoms with Gasteiger partial charge in [-0.3, -0.25) is 0 Å². The second kappa shape index (κ2) is 15.5. The molecule has 0 aliphatic rings. The molecule has 0 aromatic rings. The third-order valence-electron chi connectivity index (χ3n) is 3.09. The van der Waals surface area contributed by atoms with Crippen molar-refractivity contribution in [2.75, 3.05) is 13.2 Å². The van der Waals surface area contributed by atoms with Gasteiger partial charge in [0, 0.05) is 0 Å². The average Bonchev–Trinajstić information content (AvgIpc) is 2.43. The Kier molecular flexibility index (Phi) is 15.0. The summed E-state index contributed by atoms with van der Waals surface area (Å²) in [6, 6.07) is 0. The van der Waals surface area contributed by atoms with Crippen molar-refractivity contribution in [3.05, 3.63) is 25.3 Å². The highest BCUT2D eigenvalue weighted by molar-refractivity contribution is 4.67. The summed E-state index contributed by atoms with van der Waals surface area (Å²) in [4.78, 5) is 0. The minimum Gasteiger partial charge on any atom is -0.349 e. The van der Waals surface area contributed by atoms with Gasteiger partial charge in [0.15, 0.2) is 6.29 Å². The molecule has 0 saturated carbocycles. The molecule has 112 valence electrons. The van der Waals surface area contributed by atoms with Crippen LogP contribution in [0.4, 0.5) is 0 Å². The summed E-state index contributed by atoms with van der Waals surface area (Å²) in [5, 5.41) is 0. The van der Waals surface area contributed by atoms with E-state index in [2.05, 4.69) is 20.1 Å². The van der Waals surface area contributed by atoms with Crippen molar-refractivity contribution >= 4 is 0 Å². The van der Waals surface area contributed by atoms with Crippen LogP contribution in [0.15, 0.2) is 25.3 Å². The molecule has 0 amide bonds. The number of unbranched alkanes of at least 4 members (excludes halogenated alkanes) is 7. The van der Waals surface area contributed by atoms with E-state index >= 15 is 0 Å². The van der Waals surface area contributed by atoms with E-state index in [0.29, 0.717) is 13.2 Å². The Labute approximate surface area is 119 Å². The smallest absolute Gasteiger partial charge is 0.158 e. The zero-order chi connectivity index (χ0) is 14.2. The SMILES string of the molecule is C=CCOC(CCCCCCCCCC)OCC=C. The molecule has 0 saturated heterocycles.